The second kappa shape index (κ2) is 4.98. The lowest BCUT2D eigenvalue weighted by Crippen LogP contribution is -2.00. The molecule has 0 saturated carbocycles. The maximum atomic E-state index is 12.3. The van der Waals surface area contributed by atoms with E-state index < -0.39 is 6.43 Å². The number of hydrogen-bond donors (Lipinski definition) is 0. The van der Waals surface area contributed by atoms with Crippen LogP contribution in [0.3, 0.4) is 0 Å². The average Bonchev–Trinajstić information content (AvgIpc) is 2.16. The Bertz CT molecular complexity index is 390. The van der Waals surface area contributed by atoms with Crippen molar-refractivity contribution in [2.45, 2.75) is 11.8 Å². The zero-order valence-corrected chi connectivity index (χ0v) is 10.5. The second-order valence-corrected chi connectivity index (χ2v) is 4.12. The minimum Gasteiger partial charge on any atom is -0.250 e. The molecule has 1 heterocycles. The van der Waals surface area contributed by atoms with E-state index in [0.717, 1.165) is 0 Å². The van der Waals surface area contributed by atoms with Gasteiger partial charge in [0, 0.05) is 8.90 Å². The van der Waals surface area contributed by atoms with Gasteiger partial charge in [-0.3, -0.25) is 0 Å². The van der Waals surface area contributed by atoms with Gasteiger partial charge >= 0.3 is 0 Å². The van der Waals surface area contributed by atoms with Crippen molar-refractivity contribution in [1.82, 2.24) is 4.98 Å². The van der Waals surface area contributed by atoms with Gasteiger partial charge in [-0.05, 0) is 28.7 Å². The van der Waals surface area contributed by atoms with Gasteiger partial charge in [-0.1, -0.05) is 15.9 Å². The molecule has 0 aliphatic heterocycles. The third-order valence-electron chi connectivity index (χ3n) is 1.53. The molecule has 0 amide bonds. The third-order valence-corrected chi connectivity index (χ3v) is 2.91. The molecule has 0 saturated heterocycles. The molecule has 1 rings (SSSR count). The van der Waals surface area contributed by atoms with Crippen LogP contribution in [0.1, 0.15) is 23.4 Å². The SMILES string of the molecule is N#Cc1c(I)cc(C(F)F)nc1CBr. The summed E-state index contributed by atoms with van der Waals surface area (Å²) < 4.78 is 25.2. The van der Waals surface area contributed by atoms with Crippen molar-refractivity contribution in [1.29, 1.82) is 5.26 Å². The number of aromatic nitrogens is 1. The van der Waals surface area contributed by atoms with Crippen LogP contribution in [0, 0.1) is 14.9 Å². The molecular formula is C8H4BrF2IN2. The normalized spacial score (nSPS) is 10.3. The number of nitriles is 1. The largest absolute Gasteiger partial charge is 0.280 e. The van der Waals surface area contributed by atoms with Crippen molar-refractivity contribution in [3.63, 3.8) is 0 Å². The summed E-state index contributed by atoms with van der Waals surface area (Å²) in [5.41, 5.74) is 0.421. The zero-order valence-electron chi connectivity index (χ0n) is 6.77. The summed E-state index contributed by atoms with van der Waals surface area (Å²) in [4.78, 5) is 3.70. The van der Waals surface area contributed by atoms with Gasteiger partial charge in [0.05, 0.1) is 11.3 Å². The number of hydrogen-bond acceptors (Lipinski definition) is 2. The van der Waals surface area contributed by atoms with Crippen molar-refractivity contribution in [2.24, 2.45) is 0 Å². The van der Waals surface area contributed by atoms with Gasteiger partial charge in [-0.2, -0.15) is 5.26 Å². The molecule has 0 bridgehead atoms. The summed E-state index contributed by atoms with van der Waals surface area (Å²) in [6, 6.07) is 3.17. The monoisotopic (exact) mass is 372 g/mol. The van der Waals surface area contributed by atoms with Crippen molar-refractivity contribution >= 4 is 38.5 Å². The lowest BCUT2D eigenvalue weighted by Gasteiger charge is -2.05. The van der Waals surface area contributed by atoms with Gasteiger partial charge in [0.2, 0.25) is 0 Å². The summed E-state index contributed by atoms with van der Waals surface area (Å²) in [5, 5.41) is 9.05. The van der Waals surface area contributed by atoms with E-state index in [0.29, 0.717) is 20.2 Å². The highest BCUT2D eigenvalue weighted by molar-refractivity contribution is 14.1. The minimum atomic E-state index is -2.60. The second-order valence-electron chi connectivity index (χ2n) is 2.40. The molecular weight excluding hydrogens is 369 g/mol. The highest BCUT2D eigenvalue weighted by atomic mass is 127. The molecule has 0 aliphatic rings. The van der Waals surface area contributed by atoms with Crippen LogP contribution >= 0.6 is 38.5 Å². The Labute approximate surface area is 102 Å². The molecule has 14 heavy (non-hydrogen) atoms. The van der Waals surface area contributed by atoms with Crippen molar-refractivity contribution in [3.05, 3.63) is 26.6 Å². The number of nitrogens with zero attached hydrogens (tertiary/aromatic N) is 2. The van der Waals surface area contributed by atoms with E-state index in [1.807, 2.05) is 28.7 Å². The van der Waals surface area contributed by atoms with Gasteiger partial charge in [0.25, 0.3) is 6.43 Å². The third kappa shape index (κ3) is 2.39. The predicted molar refractivity (Wildman–Crippen MR) is 59.3 cm³/mol. The maximum absolute atomic E-state index is 12.3. The Morgan fingerprint density at radius 1 is 1.64 bits per heavy atom. The molecule has 0 unspecified atom stereocenters. The first-order valence-corrected chi connectivity index (χ1v) is 5.73. The molecule has 0 radical (unpaired) electrons. The van der Waals surface area contributed by atoms with E-state index in [1.54, 1.807) is 0 Å². The van der Waals surface area contributed by atoms with Crippen LogP contribution < -0.4 is 0 Å². The van der Waals surface area contributed by atoms with Crippen LogP contribution in [0.5, 0.6) is 0 Å². The molecule has 0 spiro atoms. The molecule has 1 aromatic rings. The standard InChI is InChI=1S/C8H4BrF2IN2/c9-2-7-4(3-13)5(12)1-6(14-7)8(10)11/h1,8H,2H2. The number of pyridine rings is 1. The van der Waals surface area contributed by atoms with E-state index in [-0.39, 0.29) is 5.69 Å². The van der Waals surface area contributed by atoms with Gasteiger partial charge < -0.3 is 0 Å². The Balaban J connectivity index is 3.33. The first-order valence-electron chi connectivity index (χ1n) is 3.53. The zero-order chi connectivity index (χ0) is 10.7. The van der Waals surface area contributed by atoms with E-state index >= 15 is 0 Å². The molecule has 0 fully saturated rings. The highest BCUT2D eigenvalue weighted by Crippen LogP contribution is 2.23. The fourth-order valence-corrected chi connectivity index (χ4v) is 2.07. The molecule has 0 atom stereocenters. The lowest BCUT2D eigenvalue weighted by atomic mass is 10.2. The number of rotatable bonds is 2. The molecule has 0 aliphatic carbocycles. The van der Waals surface area contributed by atoms with Crippen molar-refractivity contribution in [3.8, 4) is 6.07 Å². The van der Waals surface area contributed by atoms with Crippen molar-refractivity contribution < 1.29 is 8.78 Å². The summed E-state index contributed by atoms with van der Waals surface area (Å²) in [6.07, 6.45) is -2.60. The van der Waals surface area contributed by atoms with Gasteiger partial charge in [-0.25, -0.2) is 13.8 Å². The van der Waals surface area contributed by atoms with Gasteiger partial charge in [0.1, 0.15) is 11.8 Å². The maximum Gasteiger partial charge on any atom is 0.280 e. The minimum absolute atomic E-state index is 0.289. The fourth-order valence-electron chi connectivity index (χ4n) is 0.910. The van der Waals surface area contributed by atoms with Crippen LogP contribution in [-0.2, 0) is 5.33 Å². The Hall–Kier alpha value is -0.290. The summed E-state index contributed by atoms with van der Waals surface area (Å²) >= 11 is 4.96. The Kier molecular flexibility index (Phi) is 4.19. The highest BCUT2D eigenvalue weighted by Gasteiger charge is 2.15. The summed E-state index contributed by atoms with van der Waals surface area (Å²) in [7, 11) is 0. The van der Waals surface area contributed by atoms with Crippen LogP contribution in [0.4, 0.5) is 8.78 Å². The summed E-state index contributed by atoms with van der Waals surface area (Å²) in [5.74, 6) is 0. The van der Waals surface area contributed by atoms with Gasteiger partial charge in [-0.15, -0.1) is 0 Å². The predicted octanol–water partition coefficient (Wildman–Crippen LogP) is 3.39. The number of alkyl halides is 3. The van der Waals surface area contributed by atoms with E-state index in [2.05, 4.69) is 20.9 Å². The first-order chi connectivity index (χ1) is 6.60. The molecule has 2 nitrogen and oxygen atoms in total. The fraction of sp³-hybridized carbons (Fsp3) is 0.250. The van der Waals surface area contributed by atoms with E-state index in [4.69, 9.17) is 5.26 Å². The summed E-state index contributed by atoms with van der Waals surface area (Å²) in [6.45, 7) is 0. The van der Waals surface area contributed by atoms with E-state index in [1.165, 1.54) is 6.07 Å². The molecule has 74 valence electrons. The first kappa shape index (κ1) is 11.8. The smallest absolute Gasteiger partial charge is 0.250 e. The molecule has 1 aromatic heterocycles. The van der Waals surface area contributed by atoms with E-state index in [9.17, 15) is 8.78 Å². The average molecular weight is 373 g/mol. The number of halogens is 4. The Morgan fingerprint density at radius 2 is 2.29 bits per heavy atom. The molecule has 0 N–H and O–H groups in total. The topological polar surface area (TPSA) is 36.7 Å². The molecule has 6 heteroatoms. The van der Waals surface area contributed by atoms with Crippen LogP contribution in [0.25, 0.3) is 0 Å². The quantitative estimate of drug-likeness (QED) is 0.589. The molecule has 0 aromatic carbocycles. The van der Waals surface area contributed by atoms with Crippen LogP contribution in [0.15, 0.2) is 6.07 Å². The Morgan fingerprint density at radius 3 is 2.71 bits per heavy atom. The lowest BCUT2D eigenvalue weighted by molar-refractivity contribution is 0.146. The van der Waals surface area contributed by atoms with Crippen LogP contribution in [-0.4, -0.2) is 4.98 Å². The van der Waals surface area contributed by atoms with Crippen LogP contribution in [0.2, 0.25) is 0 Å². The van der Waals surface area contributed by atoms with Crippen molar-refractivity contribution in [2.75, 3.05) is 0 Å². The van der Waals surface area contributed by atoms with Gasteiger partial charge in [0.15, 0.2) is 0 Å².